The van der Waals surface area contributed by atoms with E-state index in [1.165, 1.54) is 17.5 Å². The SMILES string of the molecule is Cc1cccc2c1[C@H](C)C[C@H]2NCCn1ccnc1. The molecule has 0 radical (unpaired) electrons. The smallest absolute Gasteiger partial charge is 0.0946 e. The van der Waals surface area contributed by atoms with Gasteiger partial charge in [0.15, 0.2) is 0 Å². The summed E-state index contributed by atoms with van der Waals surface area (Å²) in [5.41, 5.74) is 4.49. The van der Waals surface area contributed by atoms with Crippen LogP contribution in [0.25, 0.3) is 0 Å². The zero-order chi connectivity index (χ0) is 13.2. The van der Waals surface area contributed by atoms with Crippen molar-refractivity contribution < 1.29 is 0 Å². The number of hydrogen-bond donors (Lipinski definition) is 1. The molecule has 100 valence electrons. The Labute approximate surface area is 114 Å². The van der Waals surface area contributed by atoms with Crippen LogP contribution in [0.3, 0.4) is 0 Å². The number of imidazole rings is 1. The summed E-state index contributed by atoms with van der Waals surface area (Å²) in [6.07, 6.45) is 6.93. The summed E-state index contributed by atoms with van der Waals surface area (Å²) in [5, 5.41) is 3.69. The molecule has 0 bridgehead atoms. The number of fused-ring (bicyclic) bond motifs is 1. The normalized spacial score (nSPS) is 21.6. The van der Waals surface area contributed by atoms with Crippen LogP contribution in [0.5, 0.6) is 0 Å². The fourth-order valence-corrected chi connectivity index (χ4v) is 3.26. The molecule has 1 heterocycles. The first-order chi connectivity index (χ1) is 9.25. The number of aromatic nitrogens is 2. The van der Waals surface area contributed by atoms with E-state index in [4.69, 9.17) is 0 Å². The average molecular weight is 255 g/mol. The van der Waals surface area contributed by atoms with Gasteiger partial charge in [-0.05, 0) is 36.0 Å². The topological polar surface area (TPSA) is 29.9 Å². The van der Waals surface area contributed by atoms with E-state index >= 15 is 0 Å². The summed E-state index contributed by atoms with van der Waals surface area (Å²) in [5.74, 6) is 0.668. The second kappa shape index (κ2) is 5.17. The van der Waals surface area contributed by atoms with Crippen LogP contribution < -0.4 is 5.32 Å². The van der Waals surface area contributed by atoms with E-state index < -0.39 is 0 Å². The summed E-state index contributed by atoms with van der Waals surface area (Å²) in [4.78, 5) is 4.07. The first kappa shape index (κ1) is 12.4. The zero-order valence-corrected chi connectivity index (χ0v) is 11.6. The lowest BCUT2D eigenvalue weighted by Gasteiger charge is -2.14. The molecule has 0 spiro atoms. The van der Waals surface area contributed by atoms with E-state index in [0.29, 0.717) is 12.0 Å². The predicted octanol–water partition coefficient (Wildman–Crippen LogP) is 3.03. The Morgan fingerprint density at radius 3 is 3.11 bits per heavy atom. The molecule has 0 saturated carbocycles. The molecule has 0 amide bonds. The van der Waals surface area contributed by atoms with Gasteiger partial charge in [0.2, 0.25) is 0 Å². The van der Waals surface area contributed by atoms with Crippen LogP contribution in [-0.4, -0.2) is 16.1 Å². The Morgan fingerprint density at radius 2 is 2.32 bits per heavy atom. The quantitative estimate of drug-likeness (QED) is 0.910. The van der Waals surface area contributed by atoms with Crippen molar-refractivity contribution in [2.45, 2.75) is 38.8 Å². The zero-order valence-electron chi connectivity index (χ0n) is 11.6. The third-order valence-electron chi connectivity index (χ3n) is 4.14. The van der Waals surface area contributed by atoms with Gasteiger partial charge in [0.1, 0.15) is 0 Å². The van der Waals surface area contributed by atoms with Crippen molar-refractivity contribution in [2.24, 2.45) is 0 Å². The van der Waals surface area contributed by atoms with Crippen molar-refractivity contribution in [3.8, 4) is 0 Å². The third-order valence-corrected chi connectivity index (χ3v) is 4.14. The van der Waals surface area contributed by atoms with E-state index in [2.05, 4.69) is 46.9 Å². The van der Waals surface area contributed by atoms with Gasteiger partial charge >= 0.3 is 0 Å². The van der Waals surface area contributed by atoms with Gasteiger partial charge < -0.3 is 9.88 Å². The molecule has 0 aliphatic heterocycles. The van der Waals surface area contributed by atoms with Crippen molar-refractivity contribution in [2.75, 3.05) is 6.54 Å². The van der Waals surface area contributed by atoms with Gasteiger partial charge in [0.25, 0.3) is 0 Å². The van der Waals surface area contributed by atoms with E-state index in [1.54, 1.807) is 5.56 Å². The van der Waals surface area contributed by atoms with Gasteiger partial charge in [0, 0.05) is 31.5 Å². The van der Waals surface area contributed by atoms with E-state index in [0.717, 1.165) is 13.1 Å². The molecule has 1 aromatic heterocycles. The second-order valence-corrected chi connectivity index (χ2v) is 5.52. The van der Waals surface area contributed by atoms with Gasteiger partial charge in [-0.3, -0.25) is 0 Å². The largest absolute Gasteiger partial charge is 0.336 e. The molecular weight excluding hydrogens is 234 g/mol. The molecule has 3 rings (SSSR count). The predicted molar refractivity (Wildman–Crippen MR) is 77.2 cm³/mol. The molecule has 1 aliphatic carbocycles. The molecule has 0 unspecified atom stereocenters. The van der Waals surface area contributed by atoms with E-state index in [1.807, 2.05) is 18.7 Å². The summed E-state index contributed by atoms with van der Waals surface area (Å²) < 4.78 is 2.11. The number of hydrogen-bond acceptors (Lipinski definition) is 2. The highest BCUT2D eigenvalue weighted by molar-refractivity contribution is 5.43. The Balaban J connectivity index is 1.66. The highest BCUT2D eigenvalue weighted by Crippen LogP contribution is 2.41. The summed E-state index contributed by atoms with van der Waals surface area (Å²) in [6.45, 7) is 6.53. The Morgan fingerprint density at radius 1 is 1.42 bits per heavy atom. The average Bonchev–Trinajstić information content (AvgIpc) is 3.00. The van der Waals surface area contributed by atoms with Gasteiger partial charge in [-0.1, -0.05) is 25.1 Å². The maximum absolute atomic E-state index is 4.07. The minimum atomic E-state index is 0.508. The highest BCUT2D eigenvalue weighted by Gasteiger charge is 2.28. The molecule has 3 heteroatoms. The summed E-state index contributed by atoms with van der Waals surface area (Å²) >= 11 is 0. The first-order valence-electron chi connectivity index (χ1n) is 7.04. The maximum atomic E-state index is 4.07. The molecule has 0 fully saturated rings. The molecule has 2 atom stereocenters. The molecular formula is C16H21N3. The van der Waals surface area contributed by atoms with Crippen molar-refractivity contribution in [3.63, 3.8) is 0 Å². The third kappa shape index (κ3) is 2.43. The fraction of sp³-hybridized carbons (Fsp3) is 0.438. The summed E-state index contributed by atoms with van der Waals surface area (Å²) in [7, 11) is 0. The number of aryl methyl sites for hydroxylation is 1. The standard InChI is InChI=1S/C16H21N3/c1-12-4-3-5-14-15(10-13(2)16(12)14)18-7-9-19-8-6-17-11-19/h3-6,8,11,13,15,18H,7,9-10H2,1-2H3/t13-,15-/m1/s1. The molecule has 1 aromatic carbocycles. The van der Waals surface area contributed by atoms with Crippen LogP contribution in [0.2, 0.25) is 0 Å². The van der Waals surface area contributed by atoms with E-state index in [-0.39, 0.29) is 0 Å². The lowest BCUT2D eigenvalue weighted by molar-refractivity contribution is 0.483. The van der Waals surface area contributed by atoms with Crippen LogP contribution in [0.1, 0.15) is 42.0 Å². The fourth-order valence-electron chi connectivity index (χ4n) is 3.26. The minimum absolute atomic E-state index is 0.508. The molecule has 1 N–H and O–H groups in total. The first-order valence-corrected chi connectivity index (χ1v) is 7.04. The second-order valence-electron chi connectivity index (χ2n) is 5.52. The van der Waals surface area contributed by atoms with Crippen LogP contribution in [0.15, 0.2) is 36.9 Å². The molecule has 19 heavy (non-hydrogen) atoms. The maximum Gasteiger partial charge on any atom is 0.0946 e. The van der Waals surface area contributed by atoms with Crippen molar-refractivity contribution in [3.05, 3.63) is 53.6 Å². The van der Waals surface area contributed by atoms with Crippen molar-refractivity contribution >= 4 is 0 Å². The van der Waals surface area contributed by atoms with Crippen LogP contribution >= 0.6 is 0 Å². The summed E-state index contributed by atoms with van der Waals surface area (Å²) in [6, 6.07) is 7.19. The highest BCUT2D eigenvalue weighted by atomic mass is 15.0. The van der Waals surface area contributed by atoms with Crippen LogP contribution in [0, 0.1) is 6.92 Å². The Bertz CT molecular complexity index is 545. The van der Waals surface area contributed by atoms with Gasteiger partial charge in [-0.25, -0.2) is 4.98 Å². The lowest BCUT2D eigenvalue weighted by Crippen LogP contribution is -2.23. The van der Waals surface area contributed by atoms with Crippen molar-refractivity contribution in [1.29, 1.82) is 0 Å². The van der Waals surface area contributed by atoms with Crippen LogP contribution in [0.4, 0.5) is 0 Å². The number of nitrogens with one attached hydrogen (secondary N) is 1. The Hall–Kier alpha value is -1.61. The molecule has 2 aromatic rings. The van der Waals surface area contributed by atoms with E-state index in [9.17, 15) is 0 Å². The number of rotatable bonds is 4. The van der Waals surface area contributed by atoms with Gasteiger partial charge in [0.05, 0.1) is 6.33 Å². The Kier molecular flexibility index (Phi) is 3.38. The molecule has 3 nitrogen and oxygen atoms in total. The monoisotopic (exact) mass is 255 g/mol. The van der Waals surface area contributed by atoms with Gasteiger partial charge in [-0.2, -0.15) is 0 Å². The number of benzene rings is 1. The minimum Gasteiger partial charge on any atom is -0.336 e. The molecule has 0 saturated heterocycles. The van der Waals surface area contributed by atoms with Crippen molar-refractivity contribution in [1.82, 2.24) is 14.9 Å². The lowest BCUT2D eigenvalue weighted by atomic mass is 9.98. The van der Waals surface area contributed by atoms with Gasteiger partial charge in [-0.15, -0.1) is 0 Å². The molecule has 1 aliphatic rings. The number of nitrogens with zero attached hydrogens (tertiary/aromatic N) is 2. The van der Waals surface area contributed by atoms with Crippen LogP contribution in [-0.2, 0) is 6.54 Å².